The van der Waals surface area contributed by atoms with Gasteiger partial charge in [0, 0.05) is 21.3 Å². The van der Waals surface area contributed by atoms with Crippen molar-refractivity contribution in [1.82, 2.24) is 0 Å². The Labute approximate surface area is 75.0 Å². The summed E-state index contributed by atoms with van der Waals surface area (Å²) < 4.78 is 15.8. The minimum absolute atomic E-state index is 0.0185. The highest BCUT2D eigenvalue weighted by Gasteiger charge is 2.25. The van der Waals surface area contributed by atoms with Crippen molar-refractivity contribution in [1.29, 1.82) is 0 Å². The molecule has 3 nitrogen and oxygen atoms in total. The maximum atomic E-state index is 5.30. The Bertz CT molecular complexity index is 102. The summed E-state index contributed by atoms with van der Waals surface area (Å²) in [6, 6.07) is 0. The van der Waals surface area contributed by atoms with Crippen molar-refractivity contribution >= 4 is 0 Å². The molecule has 3 unspecified atom stereocenters. The molecule has 0 saturated heterocycles. The maximum absolute atomic E-state index is 5.30. The normalized spacial score (nSPS) is 18.8. The second-order valence-corrected chi connectivity index (χ2v) is 2.82. The van der Waals surface area contributed by atoms with Crippen molar-refractivity contribution in [3.63, 3.8) is 0 Å². The number of ether oxygens (including phenoxy) is 3. The van der Waals surface area contributed by atoms with E-state index in [4.69, 9.17) is 14.2 Å². The van der Waals surface area contributed by atoms with Gasteiger partial charge in [0.2, 0.25) is 0 Å². The Morgan fingerprint density at radius 1 is 1.00 bits per heavy atom. The summed E-state index contributed by atoms with van der Waals surface area (Å²) in [7, 11) is 5.06. The molecule has 0 fully saturated rings. The minimum Gasteiger partial charge on any atom is -0.379 e. The van der Waals surface area contributed by atoms with Gasteiger partial charge in [-0.3, -0.25) is 0 Å². The standard InChI is InChI=1S/C9H20O3/c1-6-8(11-4)9(12-5)7(2)10-3/h7-9H,6H2,1-5H3. The fourth-order valence-electron chi connectivity index (χ4n) is 1.31. The van der Waals surface area contributed by atoms with Gasteiger partial charge in [0.05, 0.1) is 12.2 Å². The van der Waals surface area contributed by atoms with E-state index in [1.165, 1.54) is 0 Å². The van der Waals surface area contributed by atoms with Gasteiger partial charge in [-0.15, -0.1) is 0 Å². The lowest BCUT2D eigenvalue weighted by molar-refractivity contribution is -0.101. The molecular formula is C9H20O3. The van der Waals surface area contributed by atoms with Crippen LogP contribution in [0, 0.1) is 0 Å². The Morgan fingerprint density at radius 2 is 1.58 bits per heavy atom. The van der Waals surface area contributed by atoms with Crippen LogP contribution in [0.1, 0.15) is 20.3 Å². The Kier molecular flexibility index (Phi) is 6.34. The highest BCUT2D eigenvalue weighted by atomic mass is 16.6. The number of hydrogen-bond donors (Lipinski definition) is 0. The first kappa shape index (κ1) is 11.9. The number of rotatable bonds is 6. The SMILES string of the molecule is CCC(OC)C(OC)C(C)OC. The molecule has 0 aromatic heterocycles. The lowest BCUT2D eigenvalue weighted by Gasteiger charge is -2.27. The molecular weight excluding hydrogens is 156 g/mol. The average Bonchev–Trinajstić information content (AvgIpc) is 2.12. The molecule has 0 rings (SSSR count). The zero-order valence-electron chi connectivity index (χ0n) is 8.66. The maximum Gasteiger partial charge on any atom is 0.109 e. The van der Waals surface area contributed by atoms with E-state index < -0.39 is 0 Å². The summed E-state index contributed by atoms with van der Waals surface area (Å²) in [6.07, 6.45) is 1.14. The smallest absolute Gasteiger partial charge is 0.109 e. The predicted octanol–water partition coefficient (Wildman–Crippen LogP) is 1.46. The van der Waals surface area contributed by atoms with Gasteiger partial charge in [0.25, 0.3) is 0 Å². The summed E-state index contributed by atoms with van der Waals surface area (Å²) in [5.74, 6) is 0. The van der Waals surface area contributed by atoms with E-state index in [1.54, 1.807) is 21.3 Å². The number of methoxy groups -OCH3 is 3. The molecule has 0 spiro atoms. The molecule has 0 aliphatic carbocycles. The fraction of sp³-hybridized carbons (Fsp3) is 1.00. The van der Waals surface area contributed by atoms with Crippen LogP contribution in [0.15, 0.2) is 0 Å². The highest BCUT2D eigenvalue weighted by molar-refractivity contribution is 4.74. The predicted molar refractivity (Wildman–Crippen MR) is 48.4 cm³/mol. The quantitative estimate of drug-likeness (QED) is 0.613. The van der Waals surface area contributed by atoms with E-state index in [0.29, 0.717) is 0 Å². The molecule has 0 bridgehead atoms. The highest BCUT2D eigenvalue weighted by Crippen LogP contribution is 2.12. The van der Waals surface area contributed by atoms with Crippen molar-refractivity contribution in [2.45, 2.75) is 38.6 Å². The second-order valence-electron chi connectivity index (χ2n) is 2.82. The van der Waals surface area contributed by atoms with E-state index in [9.17, 15) is 0 Å². The van der Waals surface area contributed by atoms with Crippen molar-refractivity contribution < 1.29 is 14.2 Å². The molecule has 3 heteroatoms. The fourth-order valence-corrected chi connectivity index (χ4v) is 1.31. The zero-order valence-corrected chi connectivity index (χ0v) is 8.66. The Morgan fingerprint density at radius 3 is 1.83 bits per heavy atom. The second kappa shape index (κ2) is 6.40. The van der Waals surface area contributed by atoms with E-state index in [2.05, 4.69) is 6.92 Å². The molecule has 0 aliphatic rings. The summed E-state index contributed by atoms with van der Waals surface area (Å²) in [5, 5.41) is 0. The lowest BCUT2D eigenvalue weighted by atomic mass is 10.1. The summed E-state index contributed by atoms with van der Waals surface area (Å²) >= 11 is 0. The Balaban J connectivity index is 4.09. The van der Waals surface area contributed by atoms with Gasteiger partial charge in [-0.2, -0.15) is 0 Å². The van der Waals surface area contributed by atoms with Crippen molar-refractivity contribution in [2.24, 2.45) is 0 Å². The van der Waals surface area contributed by atoms with Gasteiger partial charge < -0.3 is 14.2 Å². The first-order valence-electron chi connectivity index (χ1n) is 4.29. The summed E-state index contributed by atoms with van der Waals surface area (Å²) in [4.78, 5) is 0. The van der Waals surface area contributed by atoms with Crippen LogP contribution in [0.5, 0.6) is 0 Å². The zero-order chi connectivity index (χ0) is 9.56. The first-order chi connectivity index (χ1) is 5.71. The molecule has 0 amide bonds. The van der Waals surface area contributed by atoms with Crippen molar-refractivity contribution in [2.75, 3.05) is 21.3 Å². The first-order valence-corrected chi connectivity index (χ1v) is 4.29. The molecule has 0 aromatic rings. The van der Waals surface area contributed by atoms with Crippen molar-refractivity contribution in [3.8, 4) is 0 Å². The molecule has 0 radical (unpaired) electrons. The monoisotopic (exact) mass is 176 g/mol. The molecule has 0 N–H and O–H groups in total. The summed E-state index contributed by atoms with van der Waals surface area (Å²) in [5.41, 5.74) is 0. The topological polar surface area (TPSA) is 27.7 Å². The van der Waals surface area contributed by atoms with Crippen LogP contribution in [0.2, 0.25) is 0 Å². The van der Waals surface area contributed by atoms with E-state index in [0.717, 1.165) is 6.42 Å². The molecule has 0 heterocycles. The van der Waals surface area contributed by atoms with Gasteiger partial charge in [-0.25, -0.2) is 0 Å². The van der Waals surface area contributed by atoms with Gasteiger partial charge in [-0.05, 0) is 13.3 Å². The van der Waals surface area contributed by atoms with E-state index in [1.807, 2.05) is 6.92 Å². The average molecular weight is 176 g/mol. The largest absolute Gasteiger partial charge is 0.379 e. The molecule has 0 aromatic carbocycles. The molecule has 0 saturated carbocycles. The van der Waals surface area contributed by atoms with Crippen LogP contribution < -0.4 is 0 Å². The van der Waals surface area contributed by atoms with Crippen LogP contribution in [0.25, 0.3) is 0 Å². The van der Waals surface area contributed by atoms with Crippen molar-refractivity contribution in [3.05, 3.63) is 0 Å². The van der Waals surface area contributed by atoms with Gasteiger partial charge in [0.1, 0.15) is 6.10 Å². The lowest BCUT2D eigenvalue weighted by Crippen LogP contribution is -2.39. The van der Waals surface area contributed by atoms with E-state index >= 15 is 0 Å². The molecule has 12 heavy (non-hydrogen) atoms. The molecule has 0 aliphatic heterocycles. The third kappa shape index (κ3) is 3.09. The van der Waals surface area contributed by atoms with Crippen LogP contribution >= 0.6 is 0 Å². The van der Waals surface area contributed by atoms with E-state index in [-0.39, 0.29) is 18.3 Å². The third-order valence-electron chi connectivity index (χ3n) is 2.18. The third-order valence-corrected chi connectivity index (χ3v) is 2.18. The van der Waals surface area contributed by atoms with Crippen LogP contribution in [-0.2, 0) is 14.2 Å². The van der Waals surface area contributed by atoms with Crippen LogP contribution in [0.4, 0.5) is 0 Å². The molecule has 74 valence electrons. The molecule has 3 atom stereocenters. The minimum atomic E-state index is 0.0185. The van der Waals surface area contributed by atoms with Crippen LogP contribution in [0.3, 0.4) is 0 Å². The summed E-state index contributed by atoms with van der Waals surface area (Å²) in [6.45, 7) is 4.05. The Hall–Kier alpha value is -0.120. The van der Waals surface area contributed by atoms with Gasteiger partial charge in [0.15, 0.2) is 0 Å². The van der Waals surface area contributed by atoms with Gasteiger partial charge in [-0.1, -0.05) is 6.92 Å². The van der Waals surface area contributed by atoms with Crippen LogP contribution in [-0.4, -0.2) is 39.6 Å². The number of hydrogen-bond acceptors (Lipinski definition) is 3. The van der Waals surface area contributed by atoms with Gasteiger partial charge >= 0.3 is 0 Å².